The lowest BCUT2D eigenvalue weighted by Gasteiger charge is -2.25. The molecule has 14 nitrogen and oxygen atoms in total. The molecular weight excluding hydrogens is 560 g/mol. The van der Waals surface area contributed by atoms with Crippen LogP contribution >= 0.6 is 7.75 Å². The van der Waals surface area contributed by atoms with Crippen molar-refractivity contribution in [2.75, 3.05) is 31.3 Å². The van der Waals surface area contributed by atoms with Crippen LogP contribution in [-0.4, -0.2) is 81.3 Å². The number of alkyl halides is 1. The molecule has 1 aliphatic rings. The number of fused-ring (bicyclic) bond motifs is 1. The van der Waals surface area contributed by atoms with E-state index in [0.717, 1.165) is 6.92 Å². The summed E-state index contributed by atoms with van der Waals surface area (Å²) in [6.07, 6.45) is -3.50. The summed E-state index contributed by atoms with van der Waals surface area (Å²) in [5.41, 5.74) is 4.07. The van der Waals surface area contributed by atoms with Crippen LogP contribution in [0.5, 0.6) is 5.75 Å². The molecule has 1 fully saturated rings. The van der Waals surface area contributed by atoms with Crippen LogP contribution in [0.2, 0.25) is 0 Å². The predicted octanol–water partition coefficient (Wildman–Crippen LogP) is 2.59. The maximum atomic E-state index is 16.0. The van der Waals surface area contributed by atoms with Crippen LogP contribution in [0.15, 0.2) is 36.7 Å². The number of nitrogens with two attached hydrogens (primary N) is 1. The Labute approximate surface area is 236 Å². The summed E-state index contributed by atoms with van der Waals surface area (Å²) in [5.74, 6) is -0.135. The quantitative estimate of drug-likeness (QED) is 0.218. The maximum Gasteiger partial charge on any atom is 0.459 e. The Kier molecular flexibility index (Phi) is 8.85. The van der Waals surface area contributed by atoms with Crippen LogP contribution in [0.3, 0.4) is 0 Å². The third kappa shape index (κ3) is 6.60. The first-order valence-electron chi connectivity index (χ1n) is 12.9. The number of halogens is 1. The standard InChI is InChI=1S/C25H35FN7O7P/c1-14(2)38-22(35)15(3)31-41(36,40-16-10-8-7-9-11-16)37-12-17-19(34)25(4,26)23(39-17)33-13-28-18-20(32(5)6)29-24(27)30-21(18)33/h7-11,13-15,17,19,23,34H,12H2,1-6H3,(H,31,36)(H2,27,29,30)/t15-,17+,19+,23+,25+,41+/m0/s1. The molecule has 3 aromatic rings. The molecule has 2 aromatic heterocycles. The minimum absolute atomic E-state index is 0.0582. The number of imidazole rings is 1. The Morgan fingerprint density at radius 2 is 1.98 bits per heavy atom. The van der Waals surface area contributed by atoms with Crippen molar-refractivity contribution in [3.8, 4) is 5.75 Å². The second-order valence-corrected chi connectivity index (χ2v) is 12.0. The van der Waals surface area contributed by atoms with E-state index < -0.39 is 56.6 Å². The smallest absolute Gasteiger partial charge is 0.459 e. The number of ether oxygens (including phenoxy) is 2. The summed E-state index contributed by atoms with van der Waals surface area (Å²) >= 11 is 0. The van der Waals surface area contributed by atoms with Gasteiger partial charge in [0, 0.05) is 14.1 Å². The number of carbonyl (C=O) groups is 1. The zero-order chi connectivity index (χ0) is 30.1. The first-order valence-corrected chi connectivity index (χ1v) is 14.4. The topological polar surface area (TPSA) is 176 Å². The number of hydrogen-bond donors (Lipinski definition) is 3. The first kappa shape index (κ1) is 30.6. The molecule has 0 bridgehead atoms. The van der Waals surface area contributed by atoms with E-state index in [0.29, 0.717) is 11.3 Å². The number of aliphatic hydroxyl groups excluding tert-OH is 1. The first-order chi connectivity index (χ1) is 19.2. The second-order valence-electron chi connectivity index (χ2n) is 10.3. The van der Waals surface area contributed by atoms with Crippen molar-refractivity contribution < 1.29 is 37.4 Å². The maximum absolute atomic E-state index is 16.0. The summed E-state index contributed by atoms with van der Waals surface area (Å²) in [5, 5.41) is 13.5. The highest BCUT2D eigenvalue weighted by atomic mass is 31.2. The van der Waals surface area contributed by atoms with Crippen LogP contribution < -0.4 is 20.2 Å². The zero-order valence-corrected chi connectivity index (χ0v) is 24.5. The van der Waals surface area contributed by atoms with Gasteiger partial charge in [-0.2, -0.15) is 15.1 Å². The molecule has 1 aliphatic heterocycles. The lowest BCUT2D eigenvalue weighted by molar-refractivity contribution is -0.149. The van der Waals surface area contributed by atoms with Crippen LogP contribution in [0.1, 0.15) is 33.9 Å². The molecule has 16 heteroatoms. The molecule has 224 valence electrons. The normalized spacial score (nSPS) is 24.8. The van der Waals surface area contributed by atoms with Gasteiger partial charge in [-0.15, -0.1) is 0 Å². The second kappa shape index (κ2) is 11.9. The van der Waals surface area contributed by atoms with Crippen molar-refractivity contribution >= 4 is 36.6 Å². The molecule has 6 atom stereocenters. The molecule has 1 aromatic carbocycles. The van der Waals surface area contributed by atoms with Crippen molar-refractivity contribution in [3.63, 3.8) is 0 Å². The number of hydrogen-bond acceptors (Lipinski definition) is 12. The molecule has 0 unspecified atom stereocenters. The molecule has 0 amide bonds. The van der Waals surface area contributed by atoms with Crippen molar-refractivity contribution in [1.82, 2.24) is 24.6 Å². The molecule has 0 radical (unpaired) electrons. The van der Waals surface area contributed by atoms with E-state index >= 15 is 4.39 Å². The SMILES string of the molecule is CC(C)OC(=O)[C@H](C)N[P@@](=O)(OC[C@H]1O[C@@H](n2cnc3c(N(C)C)nc(N)nc32)[C@](C)(F)[C@@H]1O)Oc1ccccc1. The summed E-state index contributed by atoms with van der Waals surface area (Å²) in [6, 6.07) is 7.06. The van der Waals surface area contributed by atoms with Crippen LogP contribution in [-0.2, 0) is 23.4 Å². The molecule has 0 saturated carbocycles. The van der Waals surface area contributed by atoms with E-state index in [4.69, 9.17) is 24.3 Å². The zero-order valence-electron chi connectivity index (χ0n) is 23.6. The van der Waals surface area contributed by atoms with Gasteiger partial charge in [-0.1, -0.05) is 18.2 Å². The number of aliphatic hydroxyl groups is 1. The van der Waals surface area contributed by atoms with Gasteiger partial charge < -0.3 is 29.7 Å². The number of aromatic nitrogens is 4. The average molecular weight is 596 g/mol. The summed E-state index contributed by atoms with van der Waals surface area (Å²) in [6.45, 7) is 5.39. The highest BCUT2D eigenvalue weighted by molar-refractivity contribution is 7.52. The van der Waals surface area contributed by atoms with E-state index in [-0.39, 0.29) is 17.3 Å². The number of nitrogen functional groups attached to an aromatic ring is 1. The number of benzene rings is 1. The number of nitrogens with zero attached hydrogens (tertiary/aromatic N) is 5. The summed E-state index contributed by atoms with van der Waals surface area (Å²) in [4.78, 5) is 26.8. The molecule has 1 saturated heterocycles. The van der Waals surface area contributed by atoms with Gasteiger partial charge in [0.25, 0.3) is 0 Å². The summed E-state index contributed by atoms with van der Waals surface area (Å²) in [7, 11) is -0.793. The summed E-state index contributed by atoms with van der Waals surface area (Å²) < 4.78 is 53.4. The van der Waals surface area contributed by atoms with Gasteiger partial charge >= 0.3 is 13.7 Å². The van der Waals surface area contributed by atoms with Crippen molar-refractivity contribution in [3.05, 3.63) is 36.7 Å². The number of para-hydroxylation sites is 1. The molecule has 0 spiro atoms. The van der Waals surface area contributed by atoms with E-state index in [9.17, 15) is 14.5 Å². The van der Waals surface area contributed by atoms with E-state index in [1.807, 2.05) is 0 Å². The van der Waals surface area contributed by atoms with Gasteiger partial charge in [0.05, 0.1) is 19.0 Å². The molecule has 41 heavy (non-hydrogen) atoms. The van der Waals surface area contributed by atoms with Gasteiger partial charge in [-0.3, -0.25) is 13.9 Å². The molecule has 3 heterocycles. The lowest BCUT2D eigenvalue weighted by atomic mass is 9.98. The van der Waals surface area contributed by atoms with Gasteiger partial charge in [0.15, 0.2) is 28.9 Å². The molecular formula is C25H35FN7O7P. The van der Waals surface area contributed by atoms with Gasteiger partial charge in [-0.05, 0) is 39.8 Å². The Morgan fingerprint density at radius 1 is 1.29 bits per heavy atom. The minimum atomic E-state index is -4.28. The average Bonchev–Trinajstić information content (AvgIpc) is 3.40. The van der Waals surface area contributed by atoms with Gasteiger partial charge in [0.2, 0.25) is 5.95 Å². The van der Waals surface area contributed by atoms with Crippen molar-refractivity contribution in [2.45, 2.75) is 63.9 Å². The van der Waals surface area contributed by atoms with Gasteiger partial charge in [-0.25, -0.2) is 13.9 Å². The third-order valence-electron chi connectivity index (χ3n) is 6.25. The number of esters is 1. The molecule has 4 rings (SSSR count). The highest BCUT2D eigenvalue weighted by Crippen LogP contribution is 2.48. The fourth-order valence-electron chi connectivity index (χ4n) is 4.26. The molecule has 4 N–H and O–H groups in total. The van der Waals surface area contributed by atoms with E-state index in [2.05, 4.69) is 20.0 Å². The number of anilines is 2. The Bertz CT molecular complexity index is 1420. The molecule has 0 aliphatic carbocycles. The van der Waals surface area contributed by atoms with Crippen LogP contribution in [0.4, 0.5) is 16.2 Å². The third-order valence-corrected chi connectivity index (χ3v) is 7.89. The Hall–Kier alpha value is -3.36. The monoisotopic (exact) mass is 595 g/mol. The highest BCUT2D eigenvalue weighted by Gasteiger charge is 2.56. The number of carbonyl (C=O) groups excluding carboxylic acids is 1. The number of rotatable bonds is 11. The van der Waals surface area contributed by atoms with Crippen LogP contribution in [0, 0.1) is 0 Å². The Morgan fingerprint density at radius 3 is 2.61 bits per heavy atom. The van der Waals surface area contributed by atoms with Crippen molar-refractivity contribution in [2.24, 2.45) is 0 Å². The minimum Gasteiger partial charge on any atom is -0.462 e. The van der Waals surface area contributed by atoms with Crippen LogP contribution in [0.25, 0.3) is 11.2 Å². The fraction of sp³-hybridized carbons (Fsp3) is 0.520. The Balaban J connectivity index is 1.57. The fourth-order valence-corrected chi connectivity index (χ4v) is 5.76. The lowest BCUT2D eigenvalue weighted by Crippen LogP contribution is -2.41. The van der Waals surface area contributed by atoms with E-state index in [1.165, 1.54) is 17.8 Å². The van der Waals surface area contributed by atoms with Gasteiger partial charge in [0.1, 0.15) is 24.0 Å². The number of nitrogens with one attached hydrogen (secondary N) is 1. The van der Waals surface area contributed by atoms with Crippen molar-refractivity contribution in [1.29, 1.82) is 0 Å². The predicted molar refractivity (Wildman–Crippen MR) is 148 cm³/mol. The van der Waals surface area contributed by atoms with E-state index in [1.54, 1.807) is 63.2 Å². The largest absolute Gasteiger partial charge is 0.462 e.